The largest absolute Gasteiger partial charge is 0.464 e. The van der Waals surface area contributed by atoms with Gasteiger partial charge >= 0.3 is 6.01 Å². The van der Waals surface area contributed by atoms with Crippen molar-refractivity contribution in [1.29, 1.82) is 0 Å². The molecule has 0 atom stereocenters. The standard InChI is InChI=1S/C13H24N6O2/c1-2-21-13-16-11(18-14)15-12(17-13)19(8-9-20)10-6-4-3-5-7-10/h10,20H,2-9,14H2,1H3,(H,15,16,17,18). The van der Waals surface area contributed by atoms with Crippen molar-refractivity contribution in [3.8, 4) is 6.01 Å². The fraction of sp³-hybridized carbons (Fsp3) is 0.769. The highest BCUT2D eigenvalue weighted by Crippen LogP contribution is 2.26. The van der Waals surface area contributed by atoms with Gasteiger partial charge in [0.05, 0.1) is 13.2 Å². The molecule has 0 unspecified atom stereocenters. The van der Waals surface area contributed by atoms with Gasteiger partial charge in [0.15, 0.2) is 0 Å². The number of rotatable bonds is 7. The Morgan fingerprint density at radius 3 is 2.67 bits per heavy atom. The molecule has 0 spiro atoms. The lowest BCUT2D eigenvalue weighted by Crippen LogP contribution is -2.40. The van der Waals surface area contributed by atoms with Gasteiger partial charge in [0, 0.05) is 12.6 Å². The Labute approximate surface area is 124 Å². The number of hydrazine groups is 1. The van der Waals surface area contributed by atoms with Crippen LogP contribution in [0.3, 0.4) is 0 Å². The molecule has 1 aliphatic rings. The molecule has 8 nitrogen and oxygen atoms in total. The maximum absolute atomic E-state index is 9.34. The van der Waals surface area contributed by atoms with Crippen molar-refractivity contribution < 1.29 is 9.84 Å². The molecule has 1 heterocycles. The van der Waals surface area contributed by atoms with Crippen LogP contribution in [-0.4, -0.2) is 45.9 Å². The second-order valence-electron chi connectivity index (χ2n) is 5.03. The van der Waals surface area contributed by atoms with Gasteiger partial charge in [-0.2, -0.15) is 15.0 Å². The highest BCUT2D eigenvalue weighted by Gasteiger charge is 2.24. The molecule has 1 aromatic rings. The molecule has 1 saturated carbocycles. The van der Waals surface area contributed by atoms with Crippen LogP contribution >= 0.6 is 0 Å². The van der Waals surface area contributed by atoms with Crippen LogP contribution in [0.4, 0.5) is 11.9 Å². The molecule has 0 amide bonds. The van der Waals surface area contributed by atoms with Gasteiger partial charge in [-0.3, -0.25) is 5.43 Å². The number of aromatic nitrogens is 3. The fourth-order valence-electron chi connectivity index (χ4n) is 2.68. The van der Waals surface area contributed by atoms with E-state index in [0.29, 0.717) is 25.1 Å². The van der Waals surface area contributed by atoms with Crippen LogP contribution in [0.1, 0.15) is 39.0 Å². The molecule has 8 heteroatoms. The van der Waals surface area contributed by atoms with Crippen LogP contribution in [0.5, 0.6) is 6.01 Å². The number of hydrogen-bond acceptors (Lipinski definition) is 8. The number of nitrogen functional groups attached to an aromatic ring is 1. The molecular formula is C13H24N6O2. The minimum Gasteiger partial charge on any atom is -0.464 e. The minimum absolute atomic E-state index is 0.0531. The Balaban J connectivity index is 2.26. The lowest BCUT2D eigenvalue weighted by molar-refractivity contribution is 0.286. The highest BCUT2D eigenvalue weighted by atomic mass is 16.5. The monoisotopic (exact) mass is 296 g/mol. The zero-order chi connectivity index (χ0) is 15.1. The third-order valence-corrected chi connectivity index (χ3v) is 3.62. The Morgan fingerprint density at radius 2 is 2.05 bits per heavy atom. The van der Waals surface area contributed by atoms with Gasteiger partial charge in [0.1, 0.15) is 0 Å². The molecule has 0 saturated heterocycles. The second-order valence-corrected chi connectivity index (χ2v) is 5.03. The van der Waals surface area contributed by atoms with E-state index in [9.17, 15) is 5.11 Å². The Bertz CT molecular complexity index is 439. The van der Waals surface area contributed by atoms with E-state index < -0.39 is 0 Å². The lowest BCUT2D eigenvalue weighted by atomic mass is 9.94. The number of nitrogens with zero attached hydrogens (tertiary/aromatic N) is 4. The summed E-state index contributed by atoms with van der Waals surface area (Å²) in [5.74, 6) is 6.18. The molecule has 0 aliphatic heterocycles. The topological polar surface area (TPSA) is 109 Å². The van der Waals surface area contributed by atoms with Crippen LogP contribution < -0.4 is 20.9 Å². The number of nitrogens with one attached hydrogen (secondary N) is 1. The molecule has 0 aromatic carbocycles. The second kappa shape index (κ2) is 7.94. The summed E-state index contributed by atoms with van der Waals surface area (Å²) >= 11 is 0. The van der Waals surface area contributed by atoms with Crippen molar-refractivity contribution in [1.82, 2.24) is 15.0 Å². The molecule has 1 aliphatic carbocycles. The number of ether oxygens (including phenoxy) is 1. The molecule has 118 valence electrons. The molecule has 21 heavy (non-hydrogen) atoms. The zero-order valence-electron chi connectivity index (χ0n) is 12.5. The Hall–Kier alpha value is -1.67. The first-order valence-corrected chi connectivity index (χ1v) is 7.51. The van der Waals surface area contributed by atoms with Crippen molar-refractivity contribution in [3.63, 3.8) is 0 Å². The fourth-order valence-corrected chi connectivity index (χ4v) is 2.68. The molecule has 1 aromatic heterocycles. The number of anilines is 2. The molecule has 2 rings (SSSR count). The number of aliphatic hydroxyl groups excluding tert-OH is 1. The molecule has 0 radical (unpaired) electrons. The van der Waals surface area contributed by atoms with E-state index in [2.05, 4.69) is 20.4 Å². The van der Waals surface area contributed by atoms with Crippen LogP contribution in [0, 0.1) is 0 Å². The van der Waals surface area contributed by atoms with E-state index in [1.807, 2.05) is 11.8 Å². The number of aliphatic hydroxyl groups is 1. The van der Waals surface area contributed by atoms with Crippen molar-refractivity contribution in [2.75, 3.05) is 30.1 Å². The summed E-state index contributed by atoms with van der Waals surface area (Å²) in [6, 6.07) is 0.586. The number of nitrogens with two attached hydrogens (primary N) is 1. The smallest absolute Gasteiger partial charge is 0.323 e. The Kier molecular flexibility index (Phi) is 5.94. The first kappa shape index (κ1) is 15.7. The van der Waals surface area contributed by atoms with Gasteiger partial charge in [-0.1, -0.05) is 19.3 Å². The van der Waals surface area contributed by atoms with E-state index in [-0.39, 0.29) is 18.6 Å². The van der Waals surface area contributed by atoms with Gasteiger partial charge in [0.25, 0.3) is 0 Å². The van der Waals surface area contributed by atoms with Gasteiger partial charge < -0.3 is 14.7 Å². The maximum Gasteiger partial charge on any atom is 0.323 e. The molecule has 0 bridgehead atoms. The van der Waals surface area contributed by atoms with E-state index in [0.717, 1.165) is 12.8 Å². The average Bonchev–Trinajstić information content (AvgIpc) is 2.53. The normalized spacial score (nSPS) is 15.8. The summed E-state index contributed by atoms with van der Waals surface area (Å²) < 4.78 is 5.36. The summed E-state index contributed by atoms with van der Waals surface area (Å²) in [5, 5.41) is 9.34. The van der Waals surface area contributed by atoms with Crippen molar-refractivity contribution in [3.05, 3.63) is 0 Å². The maximum atomic E-state index is 9.34. The van der Waals surface area contributed by atoms with Crippen LogP contribution in [-0.2, 0) is 0 Å². The summed E-state index contributed by atoms with van der Waals surface area (Å²) in [4.78, 5) is 14.7. The molecule has 1 fully saturated rings. The third kappa shape index (κ3) is 4.15. The van der Waals surface area contributed by atoms with Gasteiger partial charge in [0.2, 0.25) is 11.9 Å². The van der Waals surface area contributed by atoms with Gasteiger partial charge in [-0.05, 0) is 19.8 Å². The first-order chi connectivity index (χ1) is 10.3. The van der Waals surface area contributed by atoms with Crippen molar-refractivity contribution >= 4 is 11.9 Å². The van der Waals surface area contributed by atoms with E-state index in [1.165, 1.54) is 19.3 Å². The van der Waals surface area contributed by atoms with Crippen LogP contribution in [0.2, 0.25) is 0 Å². The lowest BCUT2D eigenvalue weighted by Gasteiger charge is -2.34. The summed E-state index contributed by atoms with van der Waals surface area (Å²) in [5.41, 5.74) is 2.43. The quantitative estimate of drug-likeness (QED) is 0.498. The highest BCUT2D eigenvalue weighted by molar-refractivity contribution is 5.39. The zero-order valence-corrected chi connectivity index (χ0v) is 12.5. The minimum atomic E-state index is 0.0531. The molecular weight excluding hydrogens is 272 g/mol. The summed E-state index contributed by atoms with van der Waals surface area (Å²) in [6.45, 7) is 2.88. The first-order valence-electron chi connectivity index (χ1n) is 7.51. The van der Waals surface area contributed by atoms with E-state index >= 15 is 0 Å². The average molecular weight is 296 g/mol. The number of hydrogen-bond donors (Lipinski definition) is 3. The van der Waals surface area contributed by atoms with E-state index in [1.54, 1.807) is 0 Å². The van der Waals surface area contributed by atoms with Crippen LogP contribution in [0.15, 0.2) is 0 Å². The van der Waals surface area contributed by atoms with Gasteiger partial charge in [-0.25, -0.2) is 5.84 Å². The Morgan fingerprint density at radius 1 is 1.29 bits per heavy atom. The van der Waals surface area contributed by atoms with Crippen LogP contribution in [0.25, 0.3) is 0 Å². The third-order valence-electron chi connectivity index (χ3n) is 3.62. The molecule has 4 N–H and O–H groups in total. The summed E-state index contributed by atoms with van der Waals surface area (Å²) in [7, 11) is 0. The SMILES string of the molecule is CCOc1nc(NN)nc(N(CCO)C2CCCCC2)n1. The van der Waals surface area contributed by atoms with Crippen molar-refractivity contribution in [2.45, 2.75) is 45.1 Å². The van der Waals surface area contributed by atoms with Gasteiger partial charge in [-0.15, -0.1) is 0 Å². The van der Waals surface area contributed by atoms with Crippen molar-refractivity contribution in [2.24, 2.45) is 5.84 Å². The predicted molar refractivity (Wildman–Crippen MR) is 80.1 cm³/mol. The predicted octanol–water partition coefficient (Wildman–Crippen LogP) is 0.687. The summed E-state index contributed by atoms with van der Waals surface area (Å²) in [6.07, 6.45) is 5.82. The van der Waals surface area contributed by atoms with E-state index in [4.69, 9.17) is 10.6 Å².